The summed E-state index contributed by atoms with van der Waals surface area (Å²) in [5, 5.41) is 10.9. The van der Waals surface area contributed by atoms with Crippen LogP contribution in [0.4, 0.5) is 4.79 Å². The number of hydrogen-bond acceptors (Lipinski definition) is 5. The first-order valence-corrected chi connectivity index (χ1v) is 10.1. The lowest BCUT2D eigenvalue weighted by Crippen LogP contribution is -2.25. The maximum atomic E-state index is 12.3. The molecule has 0 saturated heterocycles. The largest absolute Gasteiger partial charge is 0.465 e. The molecule has 0 aliphatic carbocycles. The van der Waals surface area contributed by atoms with Crippen molar-refractivity contribution in [2.24, 2.45) is 4.99 Å². The topological polar surface area (TPSA) is 82.4 Å². The highest BCUT2D eigenvalue weighted by Crippen LogP contribution is 2.24. The summed E-state index contributed by atoms with van der Waals surface area (Å²) in [5.74, 6) is -0.111. The molecule has 1 aliphatic rings. The number of rotatable bonds is 9. The van der Waals surface area contributed by atoms with E-state index in [0.717, 1.165) is 48.6 Å². The van der Waals surface area contributed by atoms with Gasteiger partial charge < -0.3 is 19.6 Å². The average molecular weight is 409 g/mol. The molecular formula is C23H27N3O4. The molecule has 3 rings (SSSR count). The molecule has 0 bridgehead atoms. The number of aliphatic imine (C=N–C) groups is 1. The van der Waals surface area contributed by atoms with Crippen LogP contribution in [-0.2, 0) is 9.53 Å². The van der Waals surface area contributed by atoms with Gasteiger partial charge in [-0.15, -0.1) is 0 Å². The van der Waals surface area contributed by atoms with Crippen LogP contribution < -0.4 is 0 Å². The van der Waals surface area contributed by atoms with Gasteiger partial charge in [-0.3, -0.25) is 0 Å². The maximum absolute atomic E-state index is 12.3. The molecule has 0 spiro atoms. The summed E-state index contributed by atoms with van der Waals surface area (Å²) < 4.78 is 5.43. The van der Waals surface area contributed by atoms with Gasteiger partial charge in [-0.2, -0.15) is 0 Å². The van der Waals surface area contributed by atoms with Gasteiger partial charge in [0.1, 0.15) is 0 Å². The van der Waals surface area contributed by atoms with Gasteiger partial charge in [-0.1, -0.05) is 49.2 Å². The normalized spacial score (nSPS) is 14.7. The van der Waals surface area contributed by atoms with E-state index in [1.54, 1.807) is 13.2 Å². The number of hydrogen-bond donors (Lipinski definition) is 1. The van der Waals surface area contributed by atoms with Crippen molar-refractivity contribution < 1.29 is 19.4 Å². The Labute approximate surface area is 176 Å². The van der Waals surface area contributed by atoms with Crippen LogP contribution in [0.15, 0.2) is 59.4 Å². The molecule has 0 fully saturated rings. The molecule has 0 atom stereocenters. The van der Waals surface area contributed by atoms with Crippen molar-refractivity contribution in [2.45, 2.75) is 25.7 Å². The van der Waals surface area contributed by atoms with Crippen molar-refractivity contribution in [3.05, 3.63) is 59.9 Å². The minimum absolute atomic E-state index is 0.295. The van der Waals surface area contributed by atoms with Crippen LogP contribution in [0.5, 0.6) is 0 Å². The van der Waals surface area contributed by atoms with Crippen LogP contribution in [0.3, 0.4) is 0 Å². The molecule has 7 nitrogen and oxygen atoms in total. The summed E-state index contributed by atoms with van der Waals surface area (Å²) in [6.45, 7) is 1.33. The number of fused-ring (bicyclic) bond motifs is 1. The number of esters is 1. The third kappa shape index (κ3) is 5.37. The monoisotopic (exact) mass is 409 g/mol. The molecule has 0 aromatic heterocycles. The van der Waals surface area contributed by atoms with Crippen LogP contribution in [0.2, 0.25) is 0 Å². The zero-order chi connectivity index (χ0) is 21.5. The van der Waals surface area contributed by atoms with Crippen LogP contribution >= 0.6 is 0 Å². The molecule has 0 unspecified atom stereocenters. The highest BCUT2D eigenvalue weighted by molar-refractivity contribution is 6.16. The predicted molar refractivity (Wildman–Crippen MR) is 116 cm³/mol. The number of cyclic esters (lactones) is 1. The van der Waals surface area contributed by atoms with Gasteiger partial charge >= 0.3 is 12.1 Å². The van der Waals surface area contributed by atoms with Crippen molar-refractivity contribution in [3.63, 3.8) is 0 Å². The summed E-state index contributed by atoms with van der Waals surface area (Å²) in [7, 11) is 3.49. The summed E-state index contributed by atoms with van der Waals surface area (Å²) in [4.78, 5) is 30.7. The molecule has 7 heteroatoms. The summed E-state index contributed by atoms with van der Waals surface area (Å²) >= 11 is 0. The van der Waals surface area contributed by atoms with E-state index in [9.17, 15) is 9.59 Å². The number of benzene rings is 2. The second kappa shape index (κ2) is 9.91. The first-order chi connectivity index (χ1) is 14.5. The fourth-order valence-electron chi connectivity index (χ4n) is 3.36. The first-order valence-electron chi connectivity index (χ1n) is 10.1. The van der Waals surface area contributed by atoms with E-state index in [4.69, 9.17) is 9.84 Å². The molecule has 0 saturated carbocycles. The lowest BCUT2D eigenvalue weighted by Gasteiger charge is -2.14. The zero-order valence-corrected chi connectivity index (χ0v) is 17.4. The summed E-state index contributed by atoms with van der Waals surface area (Å²) in [6.07, 6.45) is 4.58. The average Bonchev–Trinajstić information content (AvgIpc) is 3.09. The van der Waals surface area contributed by atoms with Gasteiger partial charge in [-0.25, -0.2) is 14.6 Å². The quantitative estimate of drug-likeness (QED) is 0.383. The number of nitrogens with zero attached hydrogens (tertiary/aromatic N) is 3. The van der Waals surface area contributed by atoms with E-state index >= 15 is 0 Å². The van der Waals surface area contributed by atoms with Crippen LogP contribution in [0.1, 0.15) is 31.2 Å². The minimum Gasteiger partial charge on any atom is -0.465 e. The summed E-state index contributed by atoms with van der Waals surface area (Å²) in [5.41, 5.74) is 1.10. The third-order valence-corrected chi connectivity index (χ3v) is 5.06. The Kier molecular flexibility index (Phi) is 7.06. The lowest BCUT2D eigenvalue weighted by molar-refractivity contribution is -0.130. The summed E-state index contributed by atoms with van der Waals surface area (Å²) in [6, 6.07) is 13.8. The molecule has 1 aliphatic heterocycles. The van der Waals surface area contributed by atoms with Crippen LogP contribution in [0.25, 0.3) is 10.8 Å². The van der Waals surface area contributed by atoms with E-state index in [1.807, 2.05) is 54.4 Å². The number of carbonyl (C=O) groups is 2. The van der Waals surface area contributed by atoms with Crippen molar-refractivity contribution >= 4 is 28.7 Å². The molecule has 1 heterocycles. The second-order valence-electron chi connectivity index (χ2n) is 7.45. The first kappa shape index (κ1) is 21.4. The van der Waals surface area contributed by atoms with Crippen molar-refractivity contribution in [2.75, 3.05) is 27.2 Å². The maximum Gasteiger partial charge on any atom is 0.407 e. The number of unbranched alkanes of at least 4 members (excludes halogenated alkanes) is 3. The van der Waals surface area contributed by atoms with E-state index in [0.29, 0.717) is 18.1 Å². The van der Waals surface area contributed by atoms with Gasteiger partial charge in [0.25, 0.3) is 0 Å². The third-order valence-electron chi connectivity index (χ3n) is 5.06. The molecule has 1 N–H and O–H groups in total. The molecule has 2 aromatic carbocycles. The molecular weight excluding hydrogens is 382 g/mol. The Morgan fingerprint density at radius 2 is 1.73 bits per heavy atom. The van der Waals surface area contributed by atoms with Crippen molar-refractivity contribution in [3.8, 4) is 0 Å². The Balaban J connectivity index is 1.54. The van der Waals surface area contributed by atoms with Crippen LogP contribution in [-0.4, -0.2) is 60.1 Å². The van der Waals surface area contributed by atoms with Gasteiger partial charge in [0.2, 0.25) is 5.90 Å². The standard InChI is InChI=1S/C23H27N3O4/c1-25(14-7-3-4-8-15-26(2)23(28)29)16-20-22(27)30-21(24-20)19-13-9-11-17-10-5-6-12-18(17)19/h5-6,9-13,16H,3-4,7-8,14-15H2,1-2H3,(H,28,29)/b20-16+. The zero-order valence-electron chi connectivity index (χ0n) is 17.4. The number of amides is 1. The van der Waals surface area contributed by atoms with Gasteiger partial charge in [-0.05, 0) is 29.7 Å². The molecule has 1 amide bonds. The molecule has 30 heavy (non-hydrogen) atoms. The highest BCUT2D eigenvalue weighted by atomic mass is 16.6. The Morgan fingerprint density at radius 1 is 1.03 bits per heavy atom. The number of carboxylic acid groups (broad SMARTS) is 1. The Hall–Kier alpha value is -3.35. The molecule has 2 aromatic rings. The van der Waals surface area contributed by atoms with E-state index in [1.165, 1.54) is 4.90 Å². The van der Waals surface area contributed by atoms with E-state index in [2.05, 4.69) is 4.99 Å². The Morgan fingerprint density at radius 3 is 2.50 bits per heavy atom. The minimum atomic E-state index is -0.895. The highest BCUT2D eigenvalue weighted by Gasteiger charge is 2.25. The SMILES string of the molecule is CN(/C=C1/N=C(c2cccc3ccccc23)OC1=O)CCCCCCN(C)C(=O)O. The van der Waals surface area contributed by atoms with Crippen molar-refractivity contribution in [1.29, 1.82) is 0 Å². The Bertz CT molecular complexity index is 978. The lowest BCUT2D eigenvalue weighted by atomic mass is 10.0. The number of ether oxygens (including phenoxy) is 1. The fourth-order valence-corrected chi connectivity index (χ4v) is 3.36. The molecule has 0 radical (unpaired) electrons. The van der Waals surface area contributed by atoms with Gasteiger partial charge in [0, 0.05) is 38.9 Å². The predicted octanol–water partition coefficient (Wildman–Crippen LogP) is 4.09. The fraction of sp³-hybridized carbons (Fsp3) is 0.348. The molecule has 158 valence electrons. The van der Waals surface area contributed by atoms with Gasteiger partial charge in [0.05, 0.1) is 0 Å². The second-order valence-corrected chi connectivity index (χ2v) is 7.45. The van der Waals surface area contributed by atoms with E-state index < -0.39 is 12.1 Å². The number of carbonyl (C=O) groups excluding carboxylic acids is 1. The van der Waals surface area contributed by atoms with E-state index in [-0.39, 0.29) is 0 Å². The van der Waals surface area contributed by atoms with Gasteiger partial charge in [0.15, 0.2) is 5.70 Å². The van der Waals surface area contributed by atoms with Crippen LogP contribution in [0, 0.1) is 0 Å². The smallest absolute Gasteiger partial charge is 0.407 e. The van der Waals surface area contributed by atoms with Crippen molar-refractivity contribution in [1.82, 2.24) is 9.80 Å².